The fraction of sp³-hybridized carbons (Fsp3) is 0.889. The monoisotopic (exact) mass is 330 g/mol. The standard InChI is InChI=1S/2C9H14O2.Mg/c2*10-9(11)8-5-6-1-3-7(8)4-2-6;/h2*6-8H,1-5H2,(H,10,11);/q;;+2/p-2/t2*6?,7?,8-;/m00./s1. The van der Waals surface area contributed by atoms with Gasteiger partial charge in [-0.05, 0) is 62.2 Å². The molecule has 5 heteroatoms. The molecule has 4 nitrogen and oxygen atoms in total. The van der Waals surface area contributed by atoms with Crippen LogP contribution < -0.4 is 10.2 Å². The third kappa shape index (κ3) is 4.41. The number of carbonyl (C=O) groups excluding carboxylic acids is 2. The minimum absolute atomic E-state index is 0. The SMILES string of the molecule is O=C([O-])[C@H]1CC2CCC1CC2.O=C([O-])[C@H]1CC2CCC1CC2.[Mg+2]. The smallest absolute Gasteiger partial charge is 0.550 e. The molecule has 6 aliphatic rings. The topological polar surface area (TPSA) is 80.3 Å². The molecular weight excluding hydrogens is 304 g/mol. The van der Waals surface area contributed by atoms with Crippen molar-refractivity contribution >= 4 is 35.0 Å². The van der Waals surface area contributed by atoms with Crippen molar-refractivity contribution in [3.63, 3.8) is 0 Å². The fourth-order valence-electron chi connectivity index (χ4n) is 5.33. The Morgan fingerprint density at radius 1 is 0.609 bits per heavy atom. The number of hydrogen-bond acceptors (Lipinski definition) is 4. The van der Waals surface area contributed by atoms with Gasteiger partial charge in [0, 0.05) is 23.8 Å². The maximum atomic E-state index is 10.6. The molecule has 0 saturated heterocycles. The van der Waals surface area contributed by atoms with Crippen molar-refractivity contribution in [2.45, 2.75) is 64.2 Å². The Hall–Kier alpha value is -0.294. The van der Waals surface area contributed by atoms with Crippen molar-refractivity contribution in [2.24, 2.45) is 35.5 Å². The molecule has 2 atom stereocenters. The summed E-state index contributed by atoms with van der Waals surface area (Å²) in [7, 11) is 0. The van der Waals surface area contributed by atoms with Gasteiger partial charge in [0.2, 0.25) is 0 Å². The molecule has 6 aliphatic carbocycles. The first-order valence-corrected chi connectivity index (χ1v) is 8.96. The molecule has 0 aromatic heterocycles. The van der Waals surface area contributed by atoms with E-state index in [0.717, 1.165) is 38.5 Å². The molecule has 6 saturated carbocycles. The summed E-state index contributed by atoms with van der Waals surface area (Å²) in [4.78, 5) is 21.3. The number of aliphatic carboxylic acids is 2. The van der Waals surface area contributed by atoms with E-state index in [1.165, 1.54) is 25.7 Å². The van der Waals surface area contributed by atoms with Gasteiger partial charge in [-0.1, -0.05) is 25.7 Å². The van der Waals surface area contributed by atoms with Gasteiger partial charge in [-0.2, -0.15) is 0 Å². The Bertz CT molecular complexity index is 383. The predicted octanol–water partition coefficient (Wildman–Crippen LogP) is 0.744. The van der Waals surface area contributed by atoms with Crippen molar-refractivity contribution in [3.8, 4) is 0 Å². The minimum atomic E-state index is -0.806. The molecule has 23 heavy (non-hydrogen) atoms. The normalized spacial score (nSPS) is 40.5. The van der Waals surface area contributed by atoms with Crippen molar-refractivity contribution in [3.05, 3.63) is 0 Å². The molecule has 6 rings (SSSR count). The Labute approximate surface area is 154 Å². The maximum absolute atomic E-state index is 10.6. The van der Waals surface area contributed by atoms with Crippen LogP contribution in [-0.2, 0) is 9.59 Å². The molecule has 6 fully saturated rings. The maximum Gasteiger partial charge on any atom is 2.00 e. The summed E-state index contributed by atoms with van der Waals surface area (Å²) >= 11 is 0. The Morgan fingerprint density at radius 2 is 0.913 bits per heavy atom. The summed E-state index contributed by atoms with van der Waals surface area (Å²) in [6.45, 7) is 0. The number of carboxylic acid groups (broad SMARTS) is 2. The Kier molecular flexibility index (Phi) is 6.78. The first-order chi connectivity index (χ1) is 10.5. The molecule has 0 heterocycles. The third-order valence-electron chi connectivity index (χ3n) is 6.70. The number of fused-ring (bicyclic) bond motifs is 6. The molecule has 0 aromatic carbocycles. The summed E-state index contributed by atoms with van der Waals surface area (Å²) < 4.78 is 0. The molecular formula is C18H26MgO4. The van der Waals surface area contributed by atoms with E-state index in [4.69, 9.17) is 0 Å². The molecule has 0 unspecified atom stereocenters. The van der Waals surface area contributed by atoms with Gasteiger partial charge in [-0.25, -0.2) is 0 Å². The summed E-state index contributed by atoms with van der Waals surface area (Å²) in [5.74, 6) is 0.463. The molecule has 0 N–H and O–H groups in total. The van der Waals surface area contributed by atoms with Gasteiger partial charge >= 0.3 is 23.1 Å². The van der Waals surface area contributed by atoms with Crippen molar-refractivity contribution in [2.75, 3.05) is 0 Å². The van der Waals surface area contributed by atoms with Gasteiger partial charge in [0.15, 0.2) is 0 Å². The van der Waals surface area contributed by atoms with Gasteiger partial charge in [-0.3, -0.25) is 0 Å². The van der Waals surface area contributed by atoms with Gasteiger partial charge in [0.05, 0.1) is 0 Å². The Morgan fingerprint density at radius 3 is 1.04 bits per heavy atom. The van der Waals surface area contributed by atoms with Gasteiger partial charge in [0.25, 0.3) is 0 Å². The molecule has 0 aromatic rings. The summed E-state index contributed by atoms with van der Waals surface area (Å²) in [6.07, 6.45) is 11.3. The summed E-state index contributed by atoms with van der Waals surface area (Å²) in [6, 6.07) is 0. The number of carbonyl (C=O) groups is 2. The number of carboxylic acids is 2. The van der Waals surface area contributed by atoms with E-state index in [0.29, 0.717) is 23.7 Å². The zero-order chi connectivity index (χ0) is 15.7. The average molecular weight is 331 g/mol. The van der Waals surface area contributed by atoms with Crippen LogP contribution in [0.25, 0.3) is 0 Å². The van der Waals surface area contributed by atoms with Crippen LogP contribution in [-0.4, -0.2) is 35.0 Å². The summed E-state index contributed by atoms with van der Waals surface area (Å²) in [5, 5.41) is 21.3. The quantitative estimate of drug-likeness (QED) is 0.700. The summed E-state index contributed by atoms with van der Waals surface area (Å²) in [5.41, 5.74) is 0. The van der Waals surface area contributed by atoms with Crippen LogP contribution >= 0.6 is 0 Å². The second-order valence-electron chi connectivity index (χ2n) is 7.88. The molecule has 0 aliphatic heterocycles. The van der Waals surface area contributed by atoms with Gasteiger partial charge in [-0.15, -0.1) is 0 Å². The second kappa shape index (κ2) is 8.19. The Balaban J connectivity index is 0.000000160. The van der Waals surface area contributed by atoms with Crippen molar-refractivity contribution in [1.29, 1.82) is 0 Å². The molecule has 124 valence electrons. The number of hydrogen-bond donors (Lipinski definition) is 0. The molecule has 0 radical (unpaired) electrons. The van der Waals surface area contributed by atoms with E-state index in [1.807, 2.05) is 0 Å². The van der Waals surface area contributed by atoms with Gasteiger partial charge in [0.1, 0.15) is 0 Å². The van der Waals surface area contributed by atoms with E-state index in [2.05, 4.69) is 0 Å². The van der Waals surface area contributed by atoms with E-state index in [-0.39, 0.29) is 34.9 Å². The molecule has 0 amide bonds. The average Bonchev–Trinajstić information content (AvgIpc) is 2.57. The zero-order valence-electron chi connectivity index (χ0n) is 13.9. The molecule has 0 spiro atoms. The largest absolute Gasteiger partial charge is 2.00 e. The second-order valence-corrected chi connectivity index (χ2v) is 7.88. The van der Waals surface area contributed by atoms with Crippen molar-refractivity contribution in [1.82, 2.24) is 0 Å². The number of rotatable bonds is 2. The minimum Gasteiger partial charge on any atom is -0.550 e. The first kappa shape index (κ1) is 19.0. The first-order valence-electron chi connectivity index (χ1n) is 8.96. The van der Waals surface area contributed by atoms with Crippen LogP contribution in [0.1, 0.15) is 64.2 Å². The van der Waals surface area contributed by atoms with Crippen LogP contribution in [0.5, 0.6) is 0 Å². The van der Waals surface area contributed by atoms with Crippen LogP contribution in [0.2, 0.25) is 0 Å². The van der Waals surface area contributed by atoms with Crippen LogP contribution in [0, 0.1) is 35.5 Å². The fourth-order valence-corrected chi connectivity index (χ4v) is 5.33. The van der Waals surface area contributed by atoms with Gasteiger partial charge < -0.3 is 19.8 Å². The molecule has 4 bridgehead atoms. The van der Waals surface area contributed by atoms with Crippen LogP contribution in [0.3, 0.4) is 0 Å². The van der Waals surface area contributed by atoms with Crippen LogP contribution in [0.4, 0.5) is 0 Å². The predicted molar refractivity (Wildman–Crippen MR) is 82.9 cm³/mol. The van der Waals surface area contributed by atoms with E-state index in [9.17, 15) is 19.8 Å². The van der Waals surface area contributed by atoms with E-state index < -0.39 is 11.9 Å². The van der Waals surface area contributed by atoms with E-state index in [1.54, 1.807) is 0 Å². The zero-order valence-corrected chi connectivity index (χ0v) is 15.3. The van der Waals surface area contributed by atoms with E-state index >= 15 is 0 Å². The van der Waals surface area contributed by atoms with Crippen LogP contribution in [0.15, 0.2) is 0 Å². The van der Waals surface area contributed by atoms with Crippen molar-refractivity contribution < 1.29 is 19.8 Å². The third-order valence-corrected chi connectivity index (χ3v) is 6.70.